The maximum atomic E-state index is 12.0. The molecule has 0 aliphatic rings. The third-order valence-corrected chi connectivity index (χ3v) is 4.25. The predicted molar refractivity (Wildman–Crippen MR) is 92.5 cm³/mol. The fourth-order valence-corrected chi connectivity index (χ4v) is 2.55. The number of nitrogens with one attached hydrogen (secondary N) is 1. The second kappa shape index (κ2) is 9.50. The number of amides is 1. The summed E-state index contributed by atoms with van der Waals surface area (Å²) in [5, 5.41) is 3.00. The second-order valence-corrected chi connectivity index (χ2v) is 6.21. The molecule has 1 amide bonds. The highest BCUT2D eigenvalue weighted by Crippen LogP contribution is 2.23. The Bertz CT molecular complexity index is 483. The fraction of sp³-hybridized carbons (Fsp3) is 0.632. The molecule has 22 heavy (non-hydrogen) atoms. The highest BCUT2D eigenvalue weighted by atomic mass is 16.5. The Hall–Kier alpha value is -1.51. The lowest BCUT2D eigenvalue weighted by atomic mass is 9.99. The van der Waals surface area contributed by atoms with E-state index in [0.717, 1.165) is 29.8 Å². The van der Waals surface area contributed by atoms with Crippen LogP contribution in [0.15, 0.2) is 12.1 Å². The topological polar surface area (TPSA) is 38.3 Å². The minimum absolute atomic E-state index is 0.0338. The van der Waals surface area contributed by atoms with Gasteiger partial charge in [-0.05, 0) is 55.9 Å². The van der Waals surface area contributed by atoms with Crippen molar-refractivity contribution in [3.63, 3.8) is 0 Å². The largest absolute Gasteiger partial charge is 0.483 e. The van der Waals surface area contributed by atoms with E-state index in [0.29, 0.717) is 5.92 Å². The van der Waals surface area contributed by atoms with Crippen LogP contribution in [0.4, 0.5) is 0 Å². The van der Waals surface area contributed by atoms with E-state index in [1.54, 1.807) is 0 Å². The Labute approximate surface area is 135 Å². The summed E-state index contributed by atoms with van der Waals surface area (Å²) in [4.78, 5) is 12.0. The Morgan fingerprint density at radius 3 is 2.59 bits per heavy atom. The lowest BCUT2D eigenvalue weighted by molar-refractivity contribution is -0.123. The van der Waals surface area contributed by atoms with Crippen LogP contribution in [0, 0.1) is 26.7 Å². The minimum atomic E-state index is -0.0338. The molecule has 0 fully saturated rings. The standard InChI is InChI=1S/C19H31NO2/c1-6-8-9-17(7-2)12-20-19(21)13-22-18-11-14(3)10-15(4)16(18)5/h10-11,17H,6-9,12-13H2,1-5H3,(H,20,21). The van der Waals surface area contributed by atoms with Crippen LogP contribution < -0.4 is 10.1 Å². The summed E-state index contributed by atoms with van der Waals surface area (Å²) in [6, 6.07) is 4.12. The van der Waals surface area contributed by atoms with Crippen LogP contribution in [-0.4, -0.2) is 19.1 Å². The van der Waals surface area contributed by atoms with Crippen molar-refractivity contribution < 1.29 is 9.53 Å². The fourth-order valence-electron chi connectivity index (χ4n) is 2.55. The van der Waals surface area contributed by atoms with Gasteiger partial charge in [-0.25, -0.2) is 0 Å². The zero-order chi connectivity index (χ0) is 16.5. The summed E-state index contributed by atoms with van der Waals surface area (Å²) in [6.45, 7) is 11.4. The van der Waals surface area contributed by atoms with Crippen molar-refractivity contribution in [3.05, 3.63) is 28.8 Å². The van der Waals surface area contributed by atoms with Gasteiger partial charge in [0, 0.05) is 6.54 Å². The molecule has 0 radical (unpaired) electrons. The number of hydrogen-bond donors (Lipinski definition) is 1. The lowest BCUT2D eigenvalue weighted by Gasteiger charge is -2.16. The zero-order valence-corrected chi connectivity index (χ0v) is 14.8. The van der Waals surface area contributed by atoms with Crippen LogP contribution in [0.5, 0.6) is 5.75 Å². The van der Waals surface area contributed by atoms with E-state index in [-0.39, 0.29) is 12.5 Å². The molecular formula is C19H31NO2. The van der Waals surface area contributed by atoms with E-state index in [9.17, 15) is 4.79 Å². The number of carbonyl (C=O) groups is 1. The summed E-state index contributed by atoms with van der Waals surface area (Å²) < 4.78 is 5.70. The van der Waals surface area contributed by atoms with Crippen molar-refractivity contribution in [3.8, 4) is 5.75 Å². The third kappa shape index (κ3) is 6.08. The maximum absolute atomic E-state index is 12.0. The summed E-state index contributed by atoms with van der Waals surface area (Å²) in [5.74, 6) is 1.35. The van der Waals surface area contributed by atoms with Crippen molar-refractivity contribution >= 4 is 5.91 Å². The quantitative estimate of drug-likeness (QED) is 0.737. The molecule has 1 atom stereocenters. The number of hydrogen-bond acceptors (Lipinski definition) is 2. The van der Waals surface area contributed by atoms with Gasteiger partial charge in [-0.15, -0.1) is 0 Å². The minimum Gasteiger partial charge on any atom is -0.483 e. The van der Waals surface area contributed by atoms with E-state index in [1.807, 2.05) is 19.9 Å². The molecule has 1 rings (SSSR count). The van der Waals surface area contributed by atoms with Gasteiger partial charge in [0.05, 0.1) is 0 Å². The van der Waals surface area contributed by atoms with Crippen LogP contribution in [0.25, 0.3) is 0 Å². The van der Waals surface area contributed by atoms with Crippen LogP contribution >= 0.6 is 0 Å². The molecule has 1 unspecified atom stereocenters. The Kier molecular flexibility index (Phi) is 8.00. The zero-order valence-electron chi connectivity index (χ0n) is 14.8. The molecule has 1 aromatic rings. The second-order valence-electron chi connectivity index (χ2n) is 6.21. The van der Waals surface area contributed by atoms with Gasteiger partial charge in [0.2, 0.25) is 0 Å². The van der Waals surface area contributed by atoms with Crippen molar-refractivity contribution in [1.82, 2.24) is 5.32 Å². The monoisotopic (exact) mass is 305 g/mol. The number of rotatable bonds is 9. The molecular weight excluding hydrogens is 274 g/mol. The SMILES string of the molecule is CCCCC(CC)CNC(=O)COc1cc(C)cc(C)c1C. The van der Waals surface area contributed by atoms with E-state index >= 15 is 0 Å². The molecule has 0 saturated carbocycles. The van der Waals surface area contributed by atoms with Gasteiger partial charge in [-0.1, -0.05) is 39.2 Å². The smallest absolute Gasteiger partial charge is 0.257 e. The van der Waals surface area contributed by atoms with Crippen LogP contribution in [0.2, 0.25) is 0 Å². The van der Waals surface area contributed by atoms with E-state index < -0.39 is 0 Å². The van der Waals surface area contributed by atoms with Crippen molar-refractivity contribution in [2.24, 2.45) is 5.92 Å². The summed E-state index contributed by atoms with van der Waals surface area (Å²) in [7, 11) is 0. The van der Waals surface area contributed by atoms with Gasteiger partial charge in [0.1, 0.15) is 5.75 Å². The van der Waals surface area contributed by atoms with Gasteiger partial charge >= 0.3 is 0 Å². The van der Waals surface area contributed by atoms with E-state index in [1.165, 1.54) is 24.8 Å². The maximum Gasteiger partial charge on any atom is 0.257 e. The molecule has 0 heterocycles. The van der Waals surface area contributed by atoms with Gasteiger partial charge in [-0.2, -0.15) is 0 Å². The first kappa shape index (κ1) is 18.5. The molecule has 124 valence electrons. The molecule has 0 bridgehead atoms. The van der Waals surface area contributed by atoms with Gasteiger partial charge in [-0.3, -0.25) is 4.79 Å². The number of benzene rings is 1. The highest BCUT2D eigenvalue weighted by molar-refractivity contribution is 5.77. The van der Waals surface area contributed by atoms with Crippen LogP contribution in [0.1, 0.15) is 56.2 Å². The normalized spacial score (nSPS) is 12.0. The molecule has 0 aliphatic carbocycles. The third-order valence-electron chi connectivity index (χ3n) is 4.25. The summed E-state index contributed by atoms with van der Waals surface area (Å²) in [5.41, 5.74) is 3.46. The number of aryl methyl sites for hydroxylation is 2. The van der Waals surface area contributed by atoms with Crippen LogP contribution in [0.3, 0.4) is 0 Å². The lowest BCUT2D eigenvalue weighted by Crippen LogP contribution is -2.33. The highest BCUT2D eigenvalue weighted by Gasteiger charge is 2.10. The Morgan fingerprint density at radius 2 is 1.95 bits per heavy atom. The van der Waals surface area contributed by atoms with Gasteiger partial charge in [0.25, 0.3) is 5.91 Å². The number of ether oxygens (including phenoxy) is 1. The predicted octanol–water partition coefficient (Wildman–Crippen LogP) is 4.32. The average molecular weight is 305 g/mol. The first-order valence-electron chi connectivity index (χ1n) is 8.45. The van der Waals surface area contributed by atoms with Crippen molar-refractivity contribution in [1.29, 1.82) is 0 Å². The van der Waals surface area contributed by atoms with Crippen LogP contribution in [-0.2, 0) is 4.79 Å². The molecule has 0 saturated heterocycles. The molecule has 1 N–H and O–H groups in total. The molecule has 0 aliphatic heterocycles. The molecule has 3 nitrogen and oxygen atoms in total. The molecule has 3 heteroatoms. The van der Waals surface area contributed by atoms with E-state index in [4.69, 9.17) is 4.74 Å². The Balaban J connectivity index is 2.43. The van der Waals surface area contributed by atoms with Crippen molar-refractivity contribution in [2.75, 3.05) is 13.2 Å². The number of unbranched alkanes of at least 4 members (excludes halogenated alkanes) is 1. The van der Waals surface area contributed by atoms with Crippen molar-refractivity contribution in [2.45, 2.75) is 60.3 Å². The average Bonchev–Trinajstić information content (AvgIpc) is 2.49. The molecule has 0 spiro atoms. The summed E-state index contributed by atoms with van der Waals surface area (Å²) >= 11 is 0. The Morgan fingerprint density at radius 1 is 1.23 bits per heavy atom. The summed E-state index contributed by atoms with van der Waals surface area (Å²) in [6.07, 6.45) is 4.73. The first-order valence-corrected chi connectivity index (χ1v) is 8.45. The molecule has 1 aromatic carbocycles. The first-order chi connectivity index (χ1) is 10.5. The number of carbonyl (C=O) groups excluding carboxylic acids is 1. The van der Waals surface area contributed by atoms with E-state index in [2.05, 4.69) is 32.2 Å². The van der Waals surface area contributed by atoms with Gasteiger partial charge in [0.15, 0.2) is 6.61 Å². The molecule has 0 aromatic heterocycles. The van der Waals surface area contributed by atoms with Gasteiger partial charge < -0.3 is 10.1 Å².